The Kier molecular flexibility index (Phi) is 4.72. The zero-order chi connectivity index (χ0) is 19.4. The molecule has 2 aromatic carbocycles. The summed E-state index contributed by atoms with van der Waals surface area (Å²) in [5.74, 6) is 0.371. The molecule has 0 fully saturated rings. The van der Waals surface area contributed by atoms with E-state index in [0.29, 0.717) is 15.8 Å². The van der Waals surface area contributed by atoms with Crippen LogP contribution in [0, 0.1) is 5.82 Å². The second kappa shape index (κ2) is 7.11. The molecule has 0 radical (unpaired) electrons. The zero-order valence-corrected chi connectivity index (χ0v) is 19.1. The van der Waals surface area contributed by atoms with Crippen LogP contribution in [0.2, 0.25) is 0 Å². The molecular weight excluding hydrogens is 507 g/mol. The number of halogens is 3. The van der Waals surface area contributed by atoms with Gasteiger partial charge in [0.2, 0.25) is 6.23 Å². The monoisotopic (exact) mass is 522 g/mol. The molecule has 144 valence electrons. The summed E-state index contributed by atoms with van der Waals surface area (Å²) in [6.45, 7) is 2.15. The molecule has 0 saturated carbocycles. The smallest absolute Gasteiger partial charge is 0.210 e. The average molecular weight is 524 g/mol. The molecule has 0 N–H and O–H groups in total. The molecule has 1 aromatic heterocycles. The number of hydrogen-bond acceptors (Lipinski definition) is 4. The van der Waals surface area contributed by atoms with Crippen molar-refractivity contribution in [3.63, 3.8) is 0 Å². The van der Waals surface area contributed by atoms with Gasteiger partial charge in [0.25, 0.3) is 0 Å². The van der Waals surface area contributed by atoms with E-state index >= 15 is 0 Å². The molecule has 0 bridgehead atoms. The number of fused-ring (bicyclic) bond motifs is 5. The zero-order valence-electron chi connectivity index (χ0n) is 15.1. The largest absolute Gasteiger partial charge is 0.465 e. The number of ether oxygens (including phenoxy) is 1. The highest BCUT2D eigenvalue weighted by molar-refractivity contribution is 9.10. The fraction of sp³-hybridized carbons (Fsp3) is 0.286. The first-order chi connectivity index (χ1) is 13.5. The number of aromatic nitrogens is 1. The van der Waals surface area contributed by atoms with Gasteiger partial charge in [0.05, 0.1) is 21.5 Å². The quantitative estimate of drug-likeness (QED) is 0.371. The SMILES string of the molecule is CCCc1ncc(C2Oc3cc(Br)cc(F)c3[C@@H]3Cc4cc(Br)ccc4N23)s1. The molecule has 2 aliphatic heterocycles. The Morgan fingerprint density at radius 3 is 2.93 bits per heavy atom. The number of rotatable bonds is 3. The molecule has 2 aliphatic rings. The van der Waals surface area contributed by atoms with Crippen LogP contribution >= 0.6 is 43.2 Å². The molecule has 0 aliphatic carbocycles. The van der Waals surface area contributed by atoms with Crippen molar-refractivity contribution in [2.45, 2.75) is 38.5 Å². The lowest BCUT2D eigenvalue weighted by atomic mass is 9.99. The number of hydrogen-bond donors (Lipinski definition) is 0. The molecule has 2 atom stereocenters. The average Bonchev–Trinajstić information content (AvgIpc) is 3.24. The van der Waals surface area contributed by atoms with Gasteiger partial charge in [0.1, 0.15) is 11.6 Å². The van der Waals surface area contributed by atoms with Crippen molar-refractivity contribution in [2.75, 3.05) is 4.90 Å². The molecule has 3 heterocycles. The molecule has 3 nitrogen and oxygen atoms in total. The number of nitrogens with zero attached hydrogens (tertiary/aromatic N) is 2. The maximum atomic E-state index is 15.0. The van der Waals surface area contributed by atoms with Crippen molar-refractivity contribution >= 4 is 48.9 Å². The van der Waals surface area contributed by atoms with Gasteiger partial charge in [0, 0.05) is 20.8 Å². The van der Waals surface area contributed by atoms with Crippen molar-refractivity contribution in [1.82, 2.24) is 4.98 Å². The second-order valence-corrected chi connectivity index (χ2v) is 10.1. The van der Waals surface area contributed by atoms with Crippen molar-refractivity contribution in [3.05, 3.63) is 72.3 Å². The summed E-state index contributed by atoms with van der Waals surface area (Å²) in [6, 6.07) is 9.53. The van der Waals surface area contributed by atoms with Crippen molar-refractivity contribution in [2.24, 2.45) is 0 Å². The van der Waals surface area contributed by atoms with Gasteiger partial charge in [-0.2, -0.15) is 0 Å². The third-order valence-electron chi connectivity index (χ3n) is 5.23. The summed E-state index contributed by atoms with van der Waals surface area (Å²) >= 11 is 8.65. The van der Waals surface area contributed by atoms with E-state index in [1.54, 1.807) is 11.3 Å². The van der Waals surface area contributed by atoms with E-state index in [2.05, 4.69) is 60.8 Å². The van der Waals surface area contributed by atoms with Gasteiger partial charge < -0.3 is 9.64 Å². The molecule has 3 aromatic rings. The third kappa shape index (κ3) is 2.99. The van der Waals surface area contributed by atoms with Crippen molar-refractivity contribution in [1.29, 1.82) is 0 Å². The first-order valence-electron chi connectivity index (χ1n) is 9.22. The minimum atomic E-state index is -0.309. The maximum absolute atomic E-state index is 15.0. The summed E-state index contributed by atoms with van der Waals surface area (Å²) in [7, 11) is 0. The maximum Gasteiger partial charge on any atom is 0.210 e. The molecular formula is C21H17Br2FN2OS. The molecule has 0 amide bonds. The summed E-state index contributed by atoms with van der Waals surface area (Å²) in [6.07, 6.45) is 4.37. The van der Waals surface area contributed by atoms with Crippen LogP contribution in [-0.2, 0) is 12.8 Å². The van der Waals surface area contributed by atoms with E-state index in [1.165, 1.54) is 11.6 Å². The van der Waals surface area contributed by atoms with Gasteiger partial charge in [-0.1, -0.05) is 38.8 Å². The predicted molar refractivity (Wildman–Crippen MR) is 117 cm³/mol. The molecule has 0 spiro atoms. The minimum Gasteiger partial charge on any atom is -0.465 e. The lowest BCUT2D eigenvalue weighted by molar-refractivity contribution is 0.167. The number of benzene rings is 2. The van der Waals surface area contributed by atoms with E-state index in [4.69, 9.17) is 4.74 Å². The molecule has 7 heteroatoms. The van der Waals surface area contributed by atoms with Gasteiger partial charge in [-0.05, 0) is 55.2 Å². The van der Waals surface area contributed by atoms with Crippen LogP contribution in [0.15, 0.2) is 45.5 Å². The molecule has 28 heavy (non-hydrogen) atoms. The van der Waals surface area contributed by atoms with Crippen molar-refractivity contribution in [3.8, 4) is 5.75 Å². The van der Waals surface area contributed by atoms with E-state index in [-0.39, 0.29) is 18.1 Å². The van der Waals surface area contributed by atoms with E-state index < -0.39 is 0 Å². The summed E-state index contributed by atoms with van der Waals surface area (Å²) in [5, 5.41) is 1.11. The fourth-order valence-corrected chi connectivity index (χ4v) is 5.97. The van der Waals surface area contributed by atoms with Gasteiger partial charge in [-0.3, -0.25) is 0 Å². The molecule has 0 saturated heterocycles. The summed E-state index contributed by atoms with van der Waals surface area (Å²) < 4.78 is 23.1. The Labute approximate surface area is 183 Å². The minimum absolute atomic E-state index is 0.0946. The molecule has 5 rings (SSSR count). The van der Waals surface area contributed by atoms with Gasteiger partial charge in [-0.25, -0.2) is 9.37 Å². The lowest BCUT2D eigenvalue weighted by Crippen LogP contribution is -2.37. The third-order valence-corrected chi connectivity index (χ3v) is 7.27. The first kappa shape index (κ1) is 18.6. The van der Waals surface area contributed by atoms with Crippen LogP contribution in [-0.4, -0.2) is 4.98 Å². The second-order valence-electron chi connectivity index (χ2n) is 7.08. The number of anilines is 1. The van der Waals surface area contributed by atoms with Crippen LogP contribution < -0.4 is 9.64 Å². The Balaban J connectivity index is 1.66. The number of aryl methyl sites for hydroxylation is 1. The Morgan fingerprint density at radius 2 is 2.11 bits per heavy atom. The van der Waals surface area contributed by atoms with Crippen LogP contribution in [0.5, 0.6) is 5.75 Å². The standard InChI is InChI=1S/C21H17Br2FN2OS/c1-2-3-19-25-10-18(28-19)21-26-15-5-4-12(22)6-11(15)7-16(26)20-14(24)8-13(23)9-17(20)27-21/h4-6,8-10,16,21H,2-3,7H2,1H3/t16-,21?/m0/s1. The Morgan fingerprint density at radius 1 is 1.25 bits per heavy atom. The van der Waals surface area contributed by atoms with Gasteiger partial charge in [0.15, 0.2) is 0 Å². The van der Waals surface area contributed by atoms with Crippen LogP contribution in [0.1, 0.15) is 46.6 Å². The topological polar surface area (TPSA) is 25.4 Å². The summed E-state index contributed by atoms with van der Waals surface area (Å²) in [5.41, 5.74) is 2.92. The fourth-order valence-electron chi connectivity index (χ4n) is 4.10. The highest BCUT2D eigenvalue weighted by atomic mass is 79.9. The molecule has 1 unspecified atom stereocenters. The lowest BCUT2D eigenvalue weighted by Gasteiger charge is -2.40. The highest BCUT2D eigenvalue weighted by Crippen LogP contribution is 2.53. The van der Waals surface area contributed by atoms with Crippen LogP contribution in [0.3, 0.4) is 0 Å². The van der Waals surface area contributed by atoms with Gasteiger partial charge in [-0.15, -0.1) is 11.3 Å². The Bertz CT molecular complexity index is 1070. The predicted octanol–water partition coefficient (Wildman–Crippen LogP) is 6.95. The number of thiazole rings is 1. The van der Waals surface area contributed by atoms with E-state index in [0.717, 1.165) is 39.3 Å². The van der Waals surface area contributed by atoms with E-state index in [9.17, 15) is 4.39 Å². The van der Waals surface area contributed by atoms with Crippen LogP contribution in [0.4, 0.5) is 10.1 Å². The van der Waals surface area contributed by atoms with Gasteiger partial charge >= 0.3 is 0 Å². The van der Waals surface area contributed by atoms with Crippen molar-refractivity contribution < 1.29 is 9.13 Å². The normalized spacial score (nSPS) is 19.8. The first-order valence-corrected chi connectivity index (χ1v) is 11.6. The highest BCUT2D eigenvalue weighted by Gasteiger charge is 2.44. The van der Waals surface area contributed by atoms with E-state index in [1.807, 2.05) is 18.3 Å². The van der Waals surface area contributed by atoms with Crippen LogP contribution in [0.25, 0.3) is 0 Å². The summed E-state index contributed by atoms with van der Waals surface area (Å²) in [4.78, 5) is 7.84. The Hall–Kier alpha value is -1.44.